The standard InChI is InChI=1S/C28H26BNO3/c1-29-24-13-15-27(33-19-20-8-4-2-5-9-20)23(16-24)18-30-26-17-22(12-14-25(26)28(31)32)21-10-6-3-7-11-21/h2-15,17,24,30H,1,16,18-19H2,(H,31,32). The maximum absolute atomic E-state index is 11.8. The van der Waals surface area contributed by atoms with Gasteiger partial charge < -0.3 is 0 Å². The number of carboxylic acid groups (broad SMARTS) is 1. The summed E-state index contributed by atoms with van der Waals surface area (Å²) >= 11 is 0. The van der Waals surface area contributed by atoms with Crippen LogP contribution in [0.2, 0.25) is 5.82 Å². The van der Waals surface area contributed by atoms with Gasteiger partial charge in [0.15, 0.2) is 0 Å². The Balaban J connectivity index is 1.57. The number of benzene rings is 3. The molecule has 5 heteroatoms. The maximum atomic E-state index is 11.8. The summed E-state index contributed by atoms with van der Waals surface area (Å²) in [4.78, 5) is 11.8. The van der Waals surface area contributed by atoms with E-state index in [0.717, 1.165) is 34.4 Å². The summed E-state index contributed by atoms with van der Waals surface area (Å²) in [5, 5.41) is 13.1. The molecule has 1 unspecified atom stereocenters. The van der Waals surface area contributed by atoms with Gasteiger partial charge in [-0.3, -0.25) is 0 Å². The molecule has 1 aliphatic rings. The summed E-state index contributed by atoms with van der Waals surface area (Å²) in [6, 6.07) is 25.4. The molecular weight excluding hydrogens is 409 g/mol. The third-order valence-corrected chi connectivity index (χ3v) is 5.71. The van der Waals surface area contributed by atoms with Gasteiger partial charge in [-0.05, 0) is 0 Å². The zero-order chi connectivity index (χ0) is 23.0. The molecule has 1 atom stereocenters. The van der Waals surface area contributed by atoms with Gasteiger partial charge in [-0.15, -0.1) is 0 Å². The SMILES string of the molecule is C=BC1C=CC(OCc2ccccc2)=C(CNc2cc(-c3ccccc3)ccc2C(=O)O)C1. The van der Waals surface area contributed by atoms with Gasteiger partial charge in [-0.2, -0.15) is 0 Å². The Morgan fingerprint density at radius 3 is 2.45 bits per heavy atom. The number of carboxylic acids is 1. The quantitative estimate of drug-likeness (QED) is 0.416. The summed E-state index contributed by atoms with van der Waals surface area (Å²) in [6.45, 7) is 6.81. The average molecular weight is 435 g/mol. The van der Waals surface area contributed by atoms with Gasteiger partial charge in [-0.25, -0.2) is 0 Å². The summed E-state index contributed by atoms with van der Waals surface area (Å²) in [5.41, 5.74) is 5.01. The first-order valence-corrected chi connectivity index (χ1v) is 11.0. The van der Waals surface area contributed by atoms with Crippen molar-refractivity contribution in [3.05, 3.63) is 113 Å². The number of allylic oxidation sites excluding steroid dienone is 2. The van der Waals surface area contributed by atoms with E-state index in [4.69, 9.17) is 4.74 Å². The van der Waals surface area contributed by atoms with Gasteiger partial charge in [0.2, 0.25) is 0 Å². The Labute approximate surface area is 195 Å². The average Bonchev–Trinajstić information content (AvgIpc) is 2.87. The third-order valence-electron chi connectivity index (χ3n) is 5.71. The topological polar surface area (TPSA) is 58.6 Å². The molecular formula is C28H26BNO3. The minimum atomic E-state index is -0.959. The van der Waals surface area contributed by atoms with Crippen LogP contribution in [0.3, 0.4) is 0 Å². The Morgan fingerprint density at radius 1 is 1.03 bits per heavy atom. The van der Waals surface area contributed by atoms with E-state index in [1.165, 1.54) is 0 Å². The Hall–Kier alpha value is -3.86. The predicted molar refractivity (Wildman–Crippen MR) is 136 cm³/mol. The van der Waals surface area contributed by atoms with Crippen molar-refractivity contribution in [2.75, 3.05) is 11.9 Å². The van der Waals surface area contributed by atoms with Crippen LogP contribution < -0.4 is 5.32 Å². The number of nitrogens with one attached hydrogen (secondary N) is 1. The van der Waals surface area contributed by atoms with Gasteiger partial charge in [0.05, 0.1) is 0 Å². The molecule has 164 valence electrons. The summed E-state index contributed by atoms with van der Waals surface area (Å²) in [5.74, 6) is 0.0835. The first kappa shape index (κ1) is 22.3. The minimum absolute atomic E-state index is 0.223. The molecule has 3 aromatic carbocycles. The number of carbonyl (C=O) groups is 1. The van der Waals surface area contributed by atoms with Crippen molar-refractivity contribution >= 4 is 25.0 Å². The van der Waals surface area contributed by atoms with Crippen LogP contribution in [-0.2, 0) is 11.3 Å². The molecule has 0 aromatic heterocycles. The first-order chi connectivity index (χ1) is 16.1. The van der Waals surface area contributed by atoms with Crippen molar-refractivity contribution in [3.8, 4) is 11.1 Å². The van der Waals surface area contributed by atoms with Crippen LogP contribution in [-0.4, -0.2) is 31.0 Å². The molecule has 2 N–H and O–H groups in total. The molecule has 0 bridgehead atoms. The van der Waals surface area contributed by atoms with Crippen LogP contribution in [0.5, 0.6) is 0 Å². The van der Waals surface area contributed by atoms with E-state index in [9.17, 15) is 9.90 Å². The molecule has 33 heavy (non-hydrogen) atoms. The fourth-order valence-electron chi connectivity index (χ4n) is 3.88. The third kappa shape index (κ3) is 5.69. The van der Waals surface area contributed by atoms with Crippen LogP contribution >= 0.6 is 0 Å². The fourth-order valence-corrected chi connectivity index (χ4v) is 3.88. The molecule has 0 fully saturated rings. The number of rotatable bonds is 9. The Bertz CT molecular complexity index is 1190. The molecule has 1 aliphatic carbocycles. The fraction of sp³-hybridized carbons (Fsp3) is 0.143. The molecule has 4 nitrogen and oxygen atoms in total. The summed E-state index contributed by atoms with van der Waals surface area (Å²) < 4.78 is 6.14. The van der Waals surface area contributed by atoms with E-state index in [1.807, 2.05) is 85.8 Å². The van der Waals surface area contributed by atoms with Crippen LogP contribution in [0.4, 0.5) is 5.69 Å². The predicted octanol–water partition coefficient (Wildman–Crippen LogP) is 5.82. The van der Waals surface area contributed by atoms with Crippen molar-refractivity contribution in [3.63, 3.8) is 0 Å². The number of aromatic carboxylic acids is 1. The first-order valence-electron chi connectivity index (χ1n) is 11.0. The molecule has 0 heterocycles. The van der Waals surface area contributed by atoms with Crippen LogP contribution in [0.25, 0.3) is 11.1 Å². The van der Waals surface area contributed by atoms with Gasteiger partial charge >= 0.3 is 195 Å². The van der Waals surface area contributed by atoms with Crippen LogP contribution in [0.1, 0.15) is 22.3 Å². The number of hydrogen-bond donors (Lipinski definition) is 2. The number of hydrogen-bond acceptors (Lipinski definition) is 3. The molecule has 0 amide bonds. The van der Waals surface area contributed by atoms with Gasteiger partial charge in [0.25, 0.3) is 0 Å². The van der Waals surface area contributed by atoms with Crippen LogP contribution in [0, 0.1) is 0 Å². The molecule has 3 aromatic rings. The van der Waals surface area contributed by atoms with Crippen molar-refractivity contribution < 1.29 is 14.6 Å². The van der Waals surface area contributed by atoms with Crippen molar-refractivity contribution in [2.24, 2.45) is 0 Å². The van der Waals surface area contributed by atoms with E-state index in [-0.39, 0.29) is 11.4 Å². The Morgan fingerprint density at radius 2 is 1.76 bits per heavy atom. The zero-order valence-corrected chi connectivity index (χ0v) is 18.4. The second kappa shape index (κ2) is 10.6. The summed E-state index contributed by atoms with van der Waals surface area (Å²) in [7, 11) is 0. The zero-order valence-electron chi connectivity index (χ0n) is 18.4. The van der Waals surface area contributed by atoms with Crippen LogP contribution in [0.15, 0.2) is 102 Å². The molecule has 0 aliphatic heterocycles. The van der Waals surface area contributed by atoms with Gasteiger partial charge in [-0.1, -0.05) is 0 Å². The number of anilines is 1. The second-order valence-corrected chi connectivity index (χ2v) is 7.99. The van der Waals surface area contributed by atoms with E-state index in [0.29, 0.717) is 18.8 Å². The van der Waals surface area contributed by atoms with Gasteiger partial charge in [0.1, 0.15) is 0 Å². The van der Waals surface area contributed by atoms with Crippen molar-refractivity contribution in [1.82, 2.24) is 0 Å². The molecule has 0 radical (unpaired) electrons. The van der Waals surface area contributed by atoms with Crippen molar-refractivity contribution in [2.45, 2.75) is 18.8 Å². The van der Waals surface area contributed by atoms with E-state index >= 15 is 0 Å². The molecule has 4 rings (SSSR count). The monoisotopic (exact) mass is 435 g/mol. The van der Waals surface area contributed by atoms with Gasteiger partial charge in [0, 0.05) is 0 Å². The molecule has 0 saturated heterocycles. The summed E-state index contributed by atoms with van der Waals surface area (Å²) in [6.07, 6.45) is 4.86. The Kier molecular flexibility index (Phi) is 7.21. The number of ether oxygens (including phenoxy) is 1. The van der Waals surface area contributed by atoms with E-state index < -0.39 is 5.97 Å². The van der Waals surface area contributed by atoms with Crippen molar-refractivity contribution in [1.29, 1.82) is 0 Å². The molecule has 0 spiro atoms. The molecule has 0 saturated carbocycles. The normalized spacial score (nSPS) is 15.1. The van der Waals surface area contributed by atoms with E-state index in [2.05, 4.69) is 17.9 Å². The van der Waals surface area contributed by atoms with E-state index in [1.54, 1.807) is 6.07 Å². The second-order valence-electron chi connectivity index (χ2n) is 7.99.